The molecule has 0 bridgehead atoms. The number of aromatic nitrogens is 5. The Morgan fingerprint density at radius 1 is 1.11 bits per heavy atom. The third kappa shape index (κ3) is 4.63. The van der Waals surface area contributed by atoms with Gasteiger partial charge in [-0.1, -0.05) is 11.3 Å². The number of sulfonamides is 1. The van der Waals surface area contributed by atoms with Crippen molar-refractivity contribution in [1.82, 2.24) is 29.5 Å². The van der Waals surface area contributed by atoms with Crippen molar-refractivity contribution < 1.29 is 39.9 Å². The molecule has 5 rings (SSSR count). The number of pyridine rings is 1. The van der Waals surface area contributed by atoms with E-state index in [1.807, 2.05) is 0 Å². The molecule has 2 fully saturated rings. The Balaban J connectivity index is 1.60. The van der Waals surface area contributed by atoms with Crippen LogP contribution in [0, 0.1) is 0 Å². The highest BCUT2D eigenvalue weighted by Crippen LogP contribution is 2.41. The first-order chi connectivity index (χ1) is 17.3. The summed E-state index contributed by atoms with van der Waals surface area (Å²) >= 11 is 0.513. The molecule has 202 valence electrons. The number of nitrogens with one attached hydrogen (secondary N) is 1. The molecule has 2 aliphatic rings. The Morgan fingerprint density at radius 3 is 2.32 bits per heavy atom. The highest BCUT2D eigenvalue weighted by Gasteiger charge is 2.54. The van der Waals surface area contributed by atoms with Gasteiger partial charge in [0.05, 0.1) is 11.2 Å². The van der Waals surface area contributed by atoms with Crippen molar-refractivity contribution in [2.45, 2.75) is 54.3 Å². The lowest BCUT2D eigenvalue weighted by Gasteiger charge is -2.40. The first-order valence-electron chi connectivity index (χ1n) is 10.9. The molecule has 3 aromatic heterocycles. The van der Waals surface area contributed by atoms with Gasteiger partial charge in [-0.15, -0.1) is 20.4 Å². The Kier molecular flexibility index (Phi) is 6.15. The van der Waals surface area contributed by atoms with Crippen LogP contribution < -0.4 is 9.62 Å². The number of halogens is 6. The molecule has 0 amide bonds. The molecular weight excluding hydrogens is 552 g/mol. The smallest absolute Gasteiger partial charge is 0.380 e. The summed E-state index contributed by atoms with van der Waals surface area (Å²) in [6, 6.07) is 1.17. The molecule has 0 aromatic carbocycles. The quantitative estimate of drug-likeness (QED) is 0.415. The maximum absolute atomic E-state index is 13.4. The van der Waals surface area contributed by atoms with Gasteiger partial charge in [0, 0.05) is 32.1 Å². The minimum Gasteiger partial charge on any atom is -0.380 e. The summed E-state index contributed by atoms with van der Waals surface area (Å²) in [7, 11) is -4.33. The Bertz CT molecular complexity index is 1430. The maximum atomic E-state index is 13.4. The zero-order valence-electron chi connectivity index (χ0n) is 18.7. The summed E-state index contributed by atoms with van der Waals surface area (Å²) in [5, 5.41) is 24.3. The van der Waals surface area contributed by atoms with E-state index in [-0.39, 0.29) is 40.2 Å². The number of alkyl halides is 6. The summed E-state index contributed by atoms with van der Waals surface area (Å²) in [6.45, 7) is -1.52. The lowest BCUT2D eigenvalue weighted by Crippen LogP contribution is -2.53. The fourth-order valence-electron chi connectivity index (χ4n) is 4.05. The first-order valence-corrected chi connectivity index (χ1v) is 13.2. The average Bonchev–Trinajstić information content (AvgIpc) is 3.22. The van der Waals surface area contributed by atoms with Crippen molar-refractivity contribution in [3.63, 3.8) is 0 Å². The summed E-state index contributed by atoms with van der Waals surface area (Å²) in [4.78, 5) is 1.05. The number of nitrogens with zero attached hydrogens (tertiary/aromatic N) is 6. The van der Waals surface area contributed by atoms with Gasteiger partial charge < -0.3 is 10.0 Å². The van der Waals surface area contributed by atoms with Crippen molar-refractivity contribution in [3.8, 4) is 10.8 Å². The highest BCUT2D eigenvalue weighted by molar-refractivity contribution is 7.89. The number of rotatable bonds is 7. The van der Waals surface area contributed by atoms with Crippen LogP contribution in [0.15, 0.2) is 17.2 Å². The van der Waals surface area contributed by atoms with Crippen LogP contribution in [0.3, 0.4) is 0 Å². The monoisotopic (exact) mass is 571 g/mol. The molecule has 1 saturated heterocycles. The van der Waals surface area contributed by atoms with E-state index in [4.69, 9.17) is 0 Å². The minimum absolute atomic E-state index is 0.0202. The van der Waals surface area contributed by atoms with Crippen LogP contribution in [0.4, 0.5) is 32.0 Å². The molecule has 2 N–H and O–H groups in total. The van der Waals surface area contributed by atoms with Gasteiger partial charge in [0.2, 0.25) is 10.0 Å². The topological polar surface area (TPSA) is 126 Å². The second-order valence-electron chi connectivity index (χ2n) is 9.06. The number of fused-ring (bicyclic) bond motifs is 1. The van der Waals surface area contributed by atoms with E-state index < -0.39 is 58.3 Å². The van der Waals surface area contributed by atoms with Crippen LogP contribution in [0.1, 0.15) is 37.1 Å². The van der Waals surface area contributed by atoms with E-state index in [2.05, 4.69) is 25.1 Å². The second-order valence-corrected chi connectivity index (χ2v) is 11.8. The molecule has 0 spiro atoms. The van der Waals surface area contributed by atoms with Crippen LogP contribution in [-0.2, 0) is 10.0 Å². The van der Waals surface area contributed by atoms with Gasteiger partial charge in [-0.2, -0.15) is 13.2 Å². The number of aliphatic hydroxyl groups is 1. The van der Waals surface area contributed by atoms with E-state index in [9.17, 15) is 39.9 Å². The standard InChI is InChI=1S/C19H19F6N7O3S2/c20-9-17(1-2-17)30-37(34,35)10-7-11(31-5-3-18(33,4-6-31)19(23,24)25)13-26-27-14(32(13)8-10)16-29-28-15(36-16)12(21)22/h7-8,12,30,33H,1-6,9H2. The molecule has 0 radical (unpaired) electrons. The molecule has 18 heteroatoms. The van der Waals surface area contributed by atoms with E-state index in [1.54, 1.807) is 0 Å². The third-order valence-electron chi connectivity index (χ3n) is 6.51. The fourth-order valence-corrected chi connectivity index (χ4v) is 6.19. The van der Waals surface area contributed by atoms with Crippen LogP contribution in [0.25, 0.3) is 16.5 Å². The van der Waals surface area contributed by atoms with Gasteiger partial charge in [-0.25, -0.2) is 26.3 Å². The molecule has 0 atom stereocenters. The Morgan fingerprint density at radius 2 is 1.78 bits per heavy atom. The van der Waals surface area contributed by atoms with Crippen LogP contribution in [-0.4, -0.2) is 75.4 Å². The van der Waals surface area contributed by atoms with Gasteiger partial charge >= 0.3 is 6.18 Å². The molecule has 10 nitrogen and oxygen atoms in total. The van der Waals surface area contributed by atoms with Gasteiger partial charge in [0.15, 0.2) is 27.1 Å². The van der Waals surface area contributed by atoms with Crippen molar-refractivity contribution in [3.05, 3.63) is 17.3 Å². The average molecular weight is 572 g/mol. The largest absolute Gasteiger partial charge is 0.417 e. The molecular formula is C19H19F6N7O3S2. The number of hydrogen-bond acceptors (Lipinski definition) is 9. The van der Waals surface area contributed by atoms with Crippen LogP contribution >= 0.6 is 11.3 Å². The molecule has 4 heterocycles. The molecule has 1 saturated carbocycles. The molecule has 0 unspecified atom stereocenters. The summed E-state index contributed by atoms with van der Waals surface area (Å²) in [5.74, 6) is -0.117. The third-order valence-corrected chi connectivity index (χ3v) is 8.98. The molecule has 3 aromatic rings. The first kappa shape index (κ1) is 26.1. The zero-order valence-corrected chi connectivity index (χ0v) is 20.3. The van der Waals surface area contributed by atoms with Crippen LogP contribution in [0.2, 0.25) is 0 Å². The van der Waals surface area contributed by atoms with Gasteiger partial charge in [0.1, 0.15) is 11.6 Å². The SMILES string of the molecule is O=S(=O)(NC1(CF)CC1)c1cc(N2CCC(O)(C(F)(F)F)CC2)c2nnc(-c3nnc(C(F)F)s3)n2c1. The van der Waals surface area contributed by atoms with E-state index in [1.165, 1.54) is 15.4 Å². The maximum Gasteiger partial charge on any atom is 0.417 e. The zero-order chi connectivity index (χ0) is 26.8. The number of piperidine rings is 1. The summed E-state index contributed by atoms with van der Waals surface area (Å²) in [5.41, 5.74) is -4.04. The fraction of sp³-hybridized carbons (Fsp3) is 0.579. The lowest BCUT2D eigenvalue weighted by atomic mass is 9.90. The van der Waals surface area contributed by atoms with Gasteiger partial charge in [-0.05, 0) is 18.9 Å². The molecule has 37 heavy (non-hydrogen) atoms. The van der Waals surface area contributed by atoms with Gasteiger partial charge in [-0.3, -0.25) is 4.40 Å². The normalized spacial score (nSPS) is 19.6. The Hall–Kier alpha value is -2.57. The van der Waals surface area contributed by atoms with E-state index >= 15 is 0 Å². The second kappa shape index (κ2) is 8.74. The lowest BCUT2D eigenvalue weighted by molar-refractivity contribution is -0.266. The highest BCUT2D eigenvalue weighted by atomic mass is 32.2. The van der Waals surface area contributed by atoms with Crippen molar-refractivity contribution >= 4 is 32.7 Å². The predicted octanol–water partition coefficient (Wildman–Crippen LogP) is 2.86. The molecule has 1 aliphatic heterocycles. The number of hydrogen-bond donors (Lipinski definition) is 2. The van der Waals surface area contributed by atoms with Crippen molar-refractivity contribution in [2.75, 3.05) is 24.7 Å². The molecule has 1 aliphatic carbocycles. The summed E-state index contributed by atoms with van der Waals surface area (Å²) < 4.78 is 109. The number of anilines is 1. The van der Waals surface area contributed by atoms with Crippen LogP contribution in [0.5, 0.6) is 0 Å². The minimum atomic E-state index is -4.85. The predicted molar refractivity (Wildman–Crippen MR) is 118 cm³/mol. The van der Waals surface area contributed by atoms with Crippen molar-refractivity contribution in [2.24, 2.45) is 0 Å². The van der Waals surface area contributed by atoms with Crippen molar-refractivity contribution in [1.29, 1.82) is 0 Å². The van der Waals surface area contributed by atoms with Gasteiger partial charge in [0.25, 0.3) is 6.43 Å². The van der Waals surface area contributed by atoms with E-state index in [0.29, 0.717) is 24.2 Å². The Labute approximate surface area is 209 Å². The summed E-state index contributed by atoms with van der Waals surface area (Å²) in [6.07, 6.45) is -7.44. The van der Waals surface area contributed by atoms with E-state index in [0.717, 1.165) is 6.20 Å².